The second-order valence-electron chi connectivity index (χ2n) is 3.71. The van der Waals surface area contributed by atoms with Gasteiger partial charge in [0.15, 0.2) is 0 Å². The summed E-state index contributed by atoms with van der Waals surface area (Å²) >= 11 is 3.30. The van der Waals surface area contributed by atoms with Crippen molar-refractivity contribution in [2.24, 2.45) is 0 Å². The Morgan fingerprint density at radius 3 is 2.88 bits per heavy atom. The fourth-order valence-corrected chi connectivity index (χ4v) is 2.19. The molecular weight excluding hydrogens is 282 g/mol. The number of hydrogen-bond acceptors (Lipinski definition) is 3. The molecule has 2 aromatic heterocycles. The minimum Gasteiger partial charge on any atom is -0.286 e. The topological polar surface area (TPSA) is 46.1 Å². The van der Waals surface area contributed by atoms with E-state index >= 15 is 0 Å². The van der Waals surface area contributed by atoms with Crippen LogP contribution in [0.5, 0.6) is 0 Å². The zero-order valence-electron chi connectivity index (χ0n) is 8.80. The molecule has 84 valence electrons. The molecule has 0 spiro atoms. The summed E-state index contributed by atoms with van der Waals surface area (Å²) in [5, 5.41) is 0. The van der Waals surface area contributed by atoms with Crippen LogP contribution >= 0.6 is 15.9 Å². The first-order valence-corrected chi connectivity index (χ1v) is 5.93. The predicted molar refractivity (Wildman–Crippen MR) is 66.7 cm³/mol. The van der Waals surface area contributed by atoms with Gasteiger partial charge in [-0.1, -0.05) is 6.07 Å². The lowest BCUT2D eigenvalue weighted by molar-refractivity contribution is 0.0996. The number of aromatic nitrogens is 2. The molecule has 0 aromatic carbocycles. The van der Waals surface area contributed by atoms with E-state index in [1.807, 2.05) is 18.2 Å². The van der Waals surface area contributed by atoms with E-state index in [0.29, 0.717) is 22.5 Å². The summed E-state index contributed by atoms with van der Waals surface area (Å²) in [5.74, 6) is 0.598. The zero-order valence-corrected chi connectivity index (χ0v) is 10.4. The van der Waals surface area contributed by atoms with Crippen molar-refractivity contribution in [2.45, 2.75) is 6.54 Å². The van der Waals surface area contributed by atoms with Gasteiger partial charge in [0, 0.05) is 6.20 Å². The van der Waals surface area contributed by atoms with Crippen molar-refractivity contribution in [3.63, 3.8) is 0 Å². The Labute approximate surface area is 106 Å². The van der Waals surface area contributed by atoms with Crippen LogP contribution in [-0.4, -0.2) is 15.9 Å². The van der Waals surface area contributed by atoms with Crippen LogP contribution in [-0.2, 0) is 6.54 Å². The maximum atomic E-state index is 12.1. The average molecular weight is 290 g/mol. The summed E-state index contributed by atoms with van der Waals surface area (Å²) in [5.41, 5.74) is 1.47. The van der Waals surface area contributed by atoms with E-state index in [9.17, 15) is 4.79 Å². The van der Waals surface area contributed by atoms with E-state index in [2.05, 4.69) is 25.9 Å². The quantitative estimate of drug-likeness (QED) is 0.758. The van der Waals surface area contributed by atoms with E-state index in [1.165, 1.54) is 0 Å². The van der Waals surface area contributed by atoms with Crippen LogP contribution in [0.15, 0.2) is 41.1 Å². The minimum atomic E-state index is -0.0429. The fraction of sp³-hybridized carbons (Fsp3) is 0.0833. The van der Waals surface area contributed by atoms with E-state index < -0.39 is 0 Å². The molecule has 4 nitrogen and oxygen atoms in total. The molecule has 1 aliphatic rings. The van der Waals surface area contributed by atoms with E-state index in [1.54, 1.807) is 23.2 Å². The maximum Gasteiger partial charge on any atom is 0.261 e. The second kappa shape index (κ2) is 3.92. The highest BCUT2D eigenvalue weighted by Gasteiger charge is 2.29. The third kappa shape index (κ3) is 1.72. The Morgan fingerprint density at radius 2 is 2.12 bits per heavy atom. The van der Waals surface area contributed by atoms with Gasteiger partial charge in [0.1, 0.15) is 10.4 Å². The van der Waals surface area contributed by atoms with Gasteiger partial charge in [0.25, 0.3) is 5.91 Å². The lowest BCUT2D eigenvalue weighted by Gasteiger charge is -2.13. The third-order valence-electron chi connectivity index (χ3n) is 2.65. The summed E-state index contributed by atoms with van der Waals surface area (Å²) in [6.07, 6.45) is 1.70. The SMILES string of the molecule is O=C1c2cccnc2CN1c1cccc(Br)n1. The number of rotatable bonds is 1. The van der Waals surface area contributed by atoms with Gasteiger partial charge in [-0.25, -0.2) is 4.98 Å². The molecule has 17 heavy (non-hydrogen) atoms. The molecule has 1 aliphatic heterocycles. The highest BCUT2D eigenvalue weighted by Crippen LogP contribution is 2.26. The van der Waals surface area contributed by atoms with Crippen LogP contribution in [0.3, 0.4) is 0 Å². The van der Waals surface area contributed by atoms with Crippen molar-refractivity contribution in [1.82, 2.24) is 9.97 Å². The first kappa shape index (κ1) is 10.4. The van der Waals surface area contributed by atoms with Gasteiger partial charge >= 0.3 is 0 Å². The predicted octanol–water partition coefficient (Wildman–Crippen LogP) is 2.40. The normalized spacial score (nSPS) is 13.9. The van der Waals surface area contributed by atoms with Crippen LogP contribution in [0.2, 0.25) is 0 Å². The Kier molecular flexibility index (Phi) is 2.40. The number of hydrogen-bond donors (Lipinski definition) is 0. The first-order chi connectivity index (χ1) is 8.25. The monoisotopic (exact) mass is 289 g/mol. The molecule has 0 unspecified atom stereocenters. The van der Waals surface area contributed by atoms with Crippen LogP contribution < -0.4 is 4.90 Å². The maximum absolute atomic E-state index is 12.1. The van der Waals surface area contributed by atoms with Crippen molar-refractivity contribution < 1.29 is 4.79 Å². The minimum absolute atomic E-state index is 0.0429. The molecule has 5 heteroatoms. The second-order valence-corrected chi connectivity index (χ2v) is 4.52. The van der Waals surface area contributed by atoms with Gasteiger partial charge in [0.2, 0.25) is 0 Å². The fourth-order valence-electron chi connectivity index (χ4n) is 1.86. The molecular formula is C12H8BrN3O. The molecule has 3 rings (SSSR count). The van der Waals surface area contributed by atoms with Crippen molar-refractivity contribution in [3.8, 4) is 0 Å². The molecule has 0 N–H and O–H groups in total. The van der Waals surface area contributed by atoms with Crippen molar-refractivity contribution in [3.05, 3.63) is 52.4 Å². The highest BCUT2D eigenvalue weighted by atomic mass is 79.9. The third-order valence-corrected chi connectivity index (χ3v) is 3.09. The van der Waals surface area contributed by atoms with Crippen molar-refractivity contribution in [1.29, 1.82) is 0 Å². The number of carbonyl (C=O) groups is 1. The number of amides is 1. The van der Waals surface area contributed by atoms with Crippen molar-refractivity contribution in [2.75, 3.05) is 4.90 Å². The average Bonchev–Trinajstić information content (AvgIpc) is 2.68. The number of carbonyl (C=O) groups excluding carboxylic acids is 1. The molecule has 0 saturated carbocycles. The van der Waals surface area contributed by atoms with Crippen molar-refractivity contribution >= 4 is 27.7 Å². The summed E-state index contributed by atoms with van der Waals surface area (Å²) in [6.45, 7) is 0.485. The highest BCUT2D eigenvalue weighted by molar-refractivity contribution is 9.10. The summed E-state index contributed by atoms with van der Waals surface area (Å²) in [7, 11) is 0. The Hall–Kier alpha value is -1.75. The van der Waals surface area contributed by atoms with Gasteiger partial charge in [-0.05, 0) is 40.2 Å². The van der Waals surface area contributed by atoms with E-state index in [-0.39, 0.29) is 5.91 Å². The number of pyridine rings is 2. The van der Waals surface area contributed by atoms with Gasteiger partial charge in [-0.3, -0.25) is 14.7 Å². The summed E-state index contributed by atoms with van der Waals surface area (Å²) in [6, 6.07) is 9.07. The number of halogens is 1. The molecule has 0 aliphatic carbocycles. The number of fused-ring (bicyclic) bond motifs is 1. The molecule has 0 radical (unpaired) electrons. The number of anilines is 1. The van der Waals surface area contributed by atoms with Crippen LogP contribution in [0.4, 0.5) is 5.82 Å². The molecule has 3 heterocycles. The van der Waals surface area contributed by atoms with E-state index in [0.717, 1.165) is 5.69 Å². The Balaban J connectivity index is 2.02. The van der Waals surface area contributed by atoms with Gasteiger partial charge in [0.05, 0.1) is 17.8 Å². The largest absolute Gasteiger partial charge is 0.286 e. The van der Waals surface area contributed by atoms with Crippen LogP contribution in [0.1, 0.15) is 16.1 Å². The van der Waals surface area contributed by atoms with Crippen LogP contribution in [0.25, 0.3) is 0 Å². The standard InChI is InChI=1S/C12H8BrN3O/c13-10-4-1-5-11(15-10)16-7-9-8(12(16)17)3-2-6-14-9/h1-6H,7H2. The molecule has 0 fully saturated rings. The summed E-state index contributed by atoms with van der Waals surface area (Å²) < 4.78 is 0.715. The molecule has 0 bridgehead atoms. The number of nitrogens with zero attached hydrogens (tertiary/aromatic N) is 3. The molecule has 1 amide bonds. The lowest BCUT2D eigenvalue weighted by Crippen LogP contribution is -2.24. The van der Waals surface area contributed by atoms with Gasteiger partial charge in [-0.2, -0.15) is 0 Å². The molecule has 0 saturated heterocycles. The van der Waals surface area contributed by atoms with Gasteiger partial charge < -0.3 is 0 Å². The Bertz CT molecular complexity index is 600. The van der Waals surface area contributed by atoms with Gasteiger partial charge in [-0.15, -0.1) is 0 Å². The summed E-state index contributed by atoms with van der Waals surface area (Å²) in [4.78, 5) is 22.3. The Morgan fingerprint density at radius 1 is 1.24 bits per heavy atom. The van der Waals surface area contributed by atoms with Crippen LogP contribution in [0, 0.1) is 0 Å². The molecule has 0 atom stereocenters. The zero-order chi connectivity index (χ0) is 11.8. The first-order valence-electron chi connectivity index (χ1n) is 5.14. The lowest BCUT2D eigenvalue weighted by atomic mass is 10.2. The molecule has 2 aromatic rings. The smallest absolute Gasteiger partial charge is 0.261 e. The van der Waals surface area contributed by atoms with E-state index in [4.69, 9.17) is 0 Å².